The minimum atomic E-state index is -3.54. The minimum Gasteiger partial charge on any atom is -0.495 e. The van der Waals surface area contributed by atoms with Crippen LogP contribution in [0.1, 0.15) is 26.2 Å². The van der Waals surface area contributed by atoms with Crippen molar-refractivity contribution in [2.75, 3.05) is 12.4 Å². The Balaban J connectivity index is 2.30. The maximum Gasteiger partial charge on any atom is 0.240 e. The van der Waals surface area contributed by atoms with Crippen molar-refractivity contribution in [1.29, 1.82) is 0 Å². The average Bonchev–Trinajstić information content (AvgIpc) is 3.21. The number of hydrogen-bond acceptors (Lipinski definition) is 4. The number of amides is 1. The lowest BCUT2D eigenvalue weighted by atomic mass is 10.3. The molecule has 0 heterocycles. The van der Waals surface area contributed by atoms with Gasteiger partial charge in [0.15, 0.2) is 0 Å². The monoisotopic (exact) mass is 298 g/mol. The number of carbonyl (C=O) groups is 1. The van der Waals surface area contributed by atoms with Crippen molar-refractivity contribution >= 4 is 21.6 Å². The summed E-state index contributed by atoms with van der Waals surface area (Å²) in [4.78, 5) is 11.6. The number of ether oxygens (including phenoxy) is 1. The van der Waals surface area contributed by atoms with E-state index < -0.39 is 10.0 Å². The third kappa shape index (κ3) is 3.49. The molecule has 7 heteroatoms. The van der Waals surface area contributed by atoms with Crippen LogP contribution in [0.4, 0.5) is 5.69 Å². The predicted molar refractivity (Wildman–Crippen MR) is 75.3 cm³/mol. The molecule has 1 amide bonds. The highest BCUT2D eigenvalue weighted by atomic mass is 32.2. The van der Waals surface area contributed by atoms with E-state index in [9.17, 15) is 13.2 Å². The van der Waals surface area contributed by atoms with Crippen LogP contribution in [0, 0.1) is 0 Å². The lowest BCUT2D eigenvalue weighted by Crippen LogP contribution is -2.25. The van der Waals surface area contributed by atoms with E-state index >= 15 is 0 Å². The molecule has 1 aromatic carbocycles. The molecule has 0 unspecified atom stereocenters. The first-order valence-electron chi connectivity index (χ1n) is 6.46. The van der Waals surface area contributed by atoms with Crippen molar-refractivity contribution in [3.8, 4) is 5.75 Å². The SMILES string of the molecule is CCC(=O)Nc1cc(S(=O)(=O)NC2CC2)ccc1OC. The van der Waals surface area contributed by atoms with Crippen molar-refractivity contribution in [3.63, 3.8) is 0 Å². The third-order valence-corrected chi connectivity index (χ3v) is 4.49. The zero-order valence-corrected chi connectivity index (χ0v) is 12.3. The number of hydrogen-bond donors (Lipinski definition) is 2. The van der Waals surface area contributed by atoms with Crippen molar-refractivity contribution in [2.45, 2.75) is 37.1 Å². The highest BCUT2D eigenvalue weighted by molar-refractivity contribution is 7.89. The first-order chi connectivity index (χ1) is 9.46. The summed E-state index contributed by atoms with van der Waals surface area (Å²) in [6.45, 7) is 1.72. The smallest absolute Gasteiger partial charge is 0.240 e. The molecular formula is C13H18N2O4S. The number of methoxy groups -OCH3 is 1. The second-order valence-electron chi connectivity index (χ2n) is 4.66. The Morgan fingerprint density at radius 2 is 2.10 bits per heavy atom. The molecule has 20 heavy (non-hydrogen) atoms. The molecule has 0 radical (unpaired) electrons. The van der Waals surface area contributed by atoms with Crippen LogP contribution in [0.25, 0.3) is 0 Å². The molecule has 1 saturated carbocycles. The Morgan fingerprint density at radius 3 is 2.65 bits per heavy atom. The number of benzene rings is 1. The third-order valence-electron chi connectivity index (χ3n) is 2.98. The number of rotatable bonds is 6. The van der Waals surface area contributed by atoms with Crippen LogP contribution < -0.4 is 14.8 Å². The minimum absolute atomic E-state index is 0.0378. The van der Waals surface area contributed by atoms with Crippen LogP contribution in [-0.2, 0) is 14.8 Å². The summed E-state index contributed by atoms with van der Waals surface area (Å²) in [6.07, 6.45) is 2.05. The number of sulfonamides is 1. The standard InChI is InChI=1S/C13H18N2O4S/c1-3-13(16)14-11-8-10(6-7-12(11)19-2)20(17,18)15-9-4-5-9/h6-9,15H,3-5H2,1-2H3,(H,14,16). The van der Waals surface area contributed by atoms with Crippen LogP contribution in [0.5, 0.6) is 5.75 Å². The molecule has 0 spiro atoms. The molecule has 2 rings (SSSR count). The van der Waals surface area contributed by atoms with Gasteiger partial charge in [0, 0.05) is 12.5 Å². The van der Waals surface area contributed by atoms with E-state index in [1.54, 1.807) is 6.92 Å². The van der Waals surface area contributed by atoms with Crippen molar-refractivity contribution in [1.82, 2.24) is 4.72 Å². The van der Waals surface area contributed by atoms with E-state index in [0.29, 0.717) is 17.9 Å². The van der Waals surface area contributed by atoms with Crippen molar-refractivity contribution < 1.29 is 17.9 Å². The van der Waals surface area contributed by atoms with E-state index in [-0.39, 0.29) is 16.8 Å². The van der Waals surface area contributed by atoms with Crippen LogP contribution in [0.15, 0.2) is 23.1 Å². The molecule has 0 atom stereocenters. The first-order valence-corrected chi connectivity index (χ1v) is 7.95. The molecule has 0 aliphatic heterocycles. The van der Waals surface area contributed by atoms with Gasteiger partial charge in [0.25, 0.3) is 0 Å². The summed E-state index contributed by atoms with van der Waals surface area (Å²) in [6, 6.07) is 4.45. The fraction of sp³-hybridized carbons (Fsp3) is 0.462. The maximum atomic E-state index is 12.1. The normalized spacial score (nSPS) is 14.9. The molecule has 2 N–H and O–H groups in total. The zero-order chi connectivity index (χ0) is 14.8. The van der Waals surface area contributed by atoms with Crippen LogP contribution in [-0.4, -0.2) is 27.5 Å². The summed E-state index contributed by atoms with van der Waals surface area (Å²) in [5.41, 5.74) is 0.359. The molecular weight excluding hydrogens is 280 g/mol. The summed E-state index contributed by atoms with van der Waals surface area (Å²) in [7, 11) is -2.08. The lowest BCUT2D eigenvalue weighted by Gasteiger charge is -2.12. The van der Waals surface area contributed by atoms with E-state index in [1.165, 1.54) is 25.3 Å². The second kappa shape index (κ2) is 5.80. The van der Waals surface area contributed by atoms with Gasteiger partial charge in [0.1, 0.15) is 5.75 Å². The zero-order valence-electron chi connectivity index (χ0n) is 11.5. The molecule has 0 aromatic heterocycles. The van der Waals surface area contributed by atoms with Gasteiger partial charge in [0.05, 0.1) is 17.7 Å². The van der Waals surface area contributed by atoms with Gasteiger partial charge in [-0.05, 0) is 31.0 Å². The molecule has 6 nitrogen and oxygen atoms in total. The molecule has 110 valence electrons. The largest absolute Gasteiger partial charge is 0.495 e. The number of carbonyl (C=O) groups excluding carboxylic acids is 1. The quantitative estimate of drug-likeness (QED) is 0.833. The summed E-state index contributed by atoms with van der Waals surface area (Å²) >= 11 is 0. The fourth-order valence-corrected chi connectivity index (χ4v) is 3.01. The van der Waals surface area contributed by atoms with Gasteiger partial charge in [0.2, 0.25) is 15.9 Å². The van der Waals surface area contributed by atoms with Gasteiger partial charge in [-0.1, -0.05) is 6.92 Å². The van der Waals surface area contributed by atoms with Gasteiger partial charge < -0.3 is 10.1 Å². The van der Waals surface area contributed by atoms with Gasteiger partial charge in [-0.15, -0.1) is 0 Å². The van der Waals surface area contributed by atoms with Crippen LogP contribution >= 0.6 is 0 Å². The van der Waals surface area contributed by atoms with Crippen molar-refractivity contribution in [3.05, 3.63) is 18.2 Å². The predicted octanol–water partition coefficient (Wildman–Crippen LogP) is 1.48. The fourth-order valence-electron chi connectivity index (χ4n) is 1.68. The Hall–Kier alpha value is -1.60. The Bertz CT molecular complexity index is 609. The number of nitrogens with one attached hydrogen (secondary N) is 2. The van der Waals surface area contributed by atoms with Gasteiger partial charge in [-0.25, -0.2) is 13.1 Å². The molecule has 1 aliphatic rings. The topological polar surface area (TPSA) is 84.5 Å². The first kappa shape index (κ1) is 14.8. The van der Waals surface area contributed by atoms with E-state index in [0.717, 1.165) is 12.8 Å². The summed E-state index contributed by atoms with van der Waals surface area (Å²) in [5, 5.41) is 2.64. The number of anilines is 1. The van der Waals surface area contributed by atoms with E-state index in [2.05, 4.69) is 10.0 Å². The van der Waals surface area contributed by atoms with Crippen LogP contribution in [0.3, 0.4) is 0 Å². The lowest BCUT2D eigenvalue weighted by molar-refractivity contribution is -0.115. The molecule has 1 aromatic rings. The van der Waals surface area contributed by atoms with E-state index in [1.807, 2.05) is 0 Å². The summed E-state index contributed by atoms with van der Waals surface area (Å²) in [5.74, 6) is 0.227. The van der Waals surface area contributed by atoms with Gasteiger partial charge >= 0.3 is 0 Å². The molecule has 0 bridgehead atoms. The van der Waals surface area contributed by atoms with Crippen LogP contribution in [0.2, 0.25) is 0 Å². The van der Waals surface area contributed by atoms with Gasteiger partial charge in [-0.2, -0.15) is 0 Å². The maximum absolute atomic E-state index is 12.1. The second-order valence-corrected chi connectivity index (χ2v) is 6.37. The molecule has 0 saturated heterocycles. The summed E-state index contributed by atoms with van der Waals surface area (Å²) < 4.78 is 32.0. The Labute approximate surface area is 118 Å². The van der Waals surface area contributed by atoms with Gasteiger partial charge in [-0.3, -0.25) is 4.79 Å². The Morgan fingerprint density at radius 1 is 1.40 bits per heavy atom. The average molecular weight is 298 g/mol. The highest BCUT2D eigenvalue weighted by Gasteiger charge is 2.28. The Kier molecular flexibility index (Phi) is 4.29. The van der Waals surface area contributed by atoms with E-state index in [4.69, 9.17) is 4.74 Å². The molecule has 1 aliphatic carbocycles. The molecule has 1 fully saturated rings. The highest BCUT2D eigenvalue weighted by Crippen LogP contribution is 2.29. The van der Waals surface area contributed by atoms with Crippen molar-refractivity contribution in [2.24, 2.45) is 0 Å².